The highest BCUT2D eigenvalue weighted by molar-refractivity contribution is 14.1. The number of nitrogens with zero attached hydrogens (tertiary/aromatic N) is 2. The molecule has 0 spiro atoms. The van der Waals surface area contributed by atoms with Crippen LogP contribution in [0.5, 0.6) is 0 Å². The highest BCUT2D eigenvalue weighted by Gasteiger charge is 2.25. The van der Waals surface area contributed by atoms with Gasteiger partial charge in [-0.3, -0.25) is 0 Å². The summed E-state index contributed by atoms with van der Waals surface area (Å²) in [6.45, 7) is 0. The average molecular weight is 318 g/mol. The van der Waals surface area contributed by atoms with Crippen molar-refractivity contribution >= 4 is 28.4 Å². The van der Waals surface area contributed by atoms with Crippen LogP contribution in [0.3, 0.4) is 0 Å². The van der Waals surface area contributed by atoms with E-state index in [9.17, 15) is 23.3 Å². The summed E-state index contributed by atoms with van der Waals surface area (Å²) < 4.78 is 36.7. The smallest absolute Gasteiger partial charge is 0.358 e. The Balaban J connectivity index is 3.33. The zero-order chi connectivity index (χ0) is 10.9. The lowest BCUT2D eigenvalue weighted by molar-refractivity contribution is -0.390. The monoisotopic (exact) mass is 318 g/mol. The molecule has 0 radical (unpaired) electrons. The van der Waals surface area contributed by atoms with Gasteiger partial charge in [-0.2, -0.15) is 0 Å². The Labute approximate surface area is 89.4 Å². The number of pyridine rings is 1. The first-order valence-electron chi connectivity index (χ1n) is 3.21. The van der Waals surface area contributed by atoms with Crippen LogP contribution in [-0.2, 0) is 0 Å². The van der Waals surface area contributed by atoms with Gasteiger partial charge in [0.2, 0.25) is 0 Å². The fourth-order valence-corrected chi connectivity index (χ4v) is 1.40. The SMILES string of the molecule is O=[N+]([O-])c1ncc(C(F)F)c(F)c1I. The van der Waals surface area contributed by atoms with Gasteiger partial charge in [0.15, 0.2) is 12.0 Å². The van der Waals surface area contributed by atoms with Gasteiger partial charge in [-0.05, 0) is 32.5 Å². The maximum Gasteiger partial charge on any atom is 0.379 e. The summed E-state index contributed by atoms with van der Waals surface area (Å²) >= 11 is 1.27. The van der Waals surface area contributed by atoms with Crippen LogP contribution in [0.15, 0.2) is 6.20 Å². The van der Waals surface area contributed by atoms with Gasteiger partial charge in [0.05, 0.1) is 5.56 Å². The van der Waals surface area contributed by atoms with Gasteiger partial charge < -0.3 is 10.1 Å². The van der Waals surface area contributed by atoms with E-state index in [-0.39, 0.29) is 0 Å². The Morgan fingerprint density at radius 2 is 2.14 bits per heavy atom. The third-order valence-electron chi connectivity index (χ3n) is 1.38. The second kappa shape index (κ2) is 4.07. The summed E-state index contributed by atoms with van der Waals surface area (Å²) in [6, 6.07) is 0. The number of halogens is 4. The molecule has 0 aliphatic carbocycles. The molecule has 1 rings (SSSR count). The molecule has 1 aromatic heterocycles. The van der Waals surface area contributed by atoms with E-state index in [0.717, 1.165) is 0 Å². The van der Waals surface area contributed by atoms with E-state index in [1.54, 1.807) is 0 Å². The number of rotatable bonds is 2. The molecule has 0 unspecified atom stereocenters. The van der Waals surface area contributed by atoms with E-state index < -0.39 is 32.1 Å². The molecule has 4 nitrogen and oxygen atoms in total. The van der Waals surface area contributed by atoms with Crippen molar-refractivity contribution in [2.45, 2.75) is 6.43 Å². The van der Waals surface area contributed by atoms with E-state index in [2.05, 4.69) is 4.98 Å². The van der Waals surface area contributed by atoms with Crippen molar-refractivity contribution < 1.29 is 18.1 Å². The third kappa shape index (κ3) is 1.94. The topological polar surface area (TPSA) is 56.0 Å². The third-order valence-corrected chi connectivity index (χ3v) is 2.33. The Morgan fingerprint density at radius 1 is 1.57 bits per heavy atom. The number of nitro groups is 1. The minimum Gasteiger partial charge on any atom is -0.358 e. The fourth-order valence-electron chi connectivity index (χ4n) is 0.748. The summed E-state index contributed by atoms with van der Waals surface area (Å²) in [5, 5.41) is 10.2. The van der Waals surface area contributed by atoms with Gasteiger partial charge in [0.1, 0.15) is 3.57 Å². The second-order valence-corrected chi connectivity index (χ2v) is 3.30. The first kappa shape index (κ1) is 11.1. The van der Waals surface area contributed by atoms with Crippen LogP contribution in [-0.4, -0.2) is 9.91 Å². The molecule has 0 N–H and O–H groups in total. The summed E-state index contributed by atoms with van der Waals surface area (Å²) in [5.74, 6) is -2.05. The molecule has 0 aliphatic rings. The predicted octanol–water partition coefficient (Wildman–Crippen LogP) is 2.67. The molecule has 76 valence electrons. The van der Waals surface area contributed by atoms with E-state index in [1.165, 1.54) is 22.6 Å². The van der Waals surface area contributed by atoms with Crippen molar-refractivity contribution in [3.8, 4) is 0 Å². The van der Waals surface area contributed by atoms with Crippen molar-refractivity contribution in [1.29, 1.82) is 0 Å². The molecular weight excluding hydrogens is 316 g/mol. The standard InChI is InChI=1S/C6H2F3IN2O2/c7-3-2(5(8)9)1-11-6(4(3)10)12(13)14/h1,5H. The molecule has 0 aromatic carbocycles. The highest BCUT2D eigenvalue weighted by Crippen LogP contribution is 2.28. The maximum atomic E-state index is 13.0. The molecule has 1 aromatic rings. The Morgan fingerprint density at radius 3 is 2.57 bits per heavy atom. The second-order valence-electron chi connectivity index (χ2n) is 2.22. The molecule has 0 saturated heterocycles. The summed E-state index contributed by atoms with van der Waals surface area (Å²) in [7, 11) is 0. The molecule has 0 fully saturated rings. The summed E-state index contributed by atoms with van der Waals surface area (Å²) in [5.41, 5.74) is -0.931. The maximum absolute atomic E-state index is 13.0. The largest absolute Gasteiger partial charge is 0.379 e. The van der Waals surface area contributed by atoms with E-state index >= 15 is 0 Å². The quantitative estimate of drug-likeness (QED) is 0.478. The van der Waals surface area contributed by atoms with Gasteiger partial charge in [-0.15, -0.1) is 0 Å². The number of aromatic nitrogens is 1. The molecule has 0 atom stereocenters. The van der Waals surface area contributed by atoms with Gasteiger partial charge in [0.25, 0.3) is 6.43 Å². The normalized spacial score (nSPS) is 10.6. The van der Waals surface area contributed by atoms with Crippen molar-refractivity contribution in [3.63, 3.8) is 0 Å². The van der Waals surface area contributed by atoms with Gasteiger partial charge >= 0.3 is 5.82 Å². The lowest BCUT2D eigenvalue weighted by Gasteiger charge is -2.01. The minimum atomic E-state index is -3.03. The van der Waals surface area contributed by atoms with Crippen LogP contribution in [0.4, 0.5) is 19.0 Å². The van der Waals surface area contributed by atoms with Crippen molar-refractivity contribution in [2.75, 3.05) is 0 Å². The molecule has 0 bridgehead atoms. The fraction of sp³-hybridized carbons (Fsp3) is 0.167. The minimum absolute atomic E-state index is 0.473. The van der Waals surface area contributed by atoms with Crippen molar-refractivity contribution in [1.82, 2.24) is 4.98 Å². The molecule has 0 amide bonds. The molecule has 0 aliphatic heterocycles. The molecule has 8 heteroatoms. The van der Waals surface area contributed by atoms with E-state index in [1.807, 2.05) is 0 Å². The number of hydrogen-bond donors (Lipinski definition) is 0. The average Bonchev–Trinajstić information content (AvgIpc) is 2.08. The highest BCUT2D eigenvalue weighted by atomic mass is 127. The van der Waals surface area contributed by atoms with Crippen LogP contribution >= 0.6 is 22.6 Å². The Hall–Kier alpha value is -0.930. The number of hydrogen-bond acceptors (Lipinski definition) is 3. The molecule has 1 heterocycles. The summed E-state index contributed by atoms with van der Waals surface area (Å²) in [6.07, 6.45) is -2.56. The van der Waals surface area contributed by atoms with E-state index in [4.69, 9.17) is 0 Å². The molecule has 14 heavy (non-hydrogen) atoms. The zero-order valence-electron chi connectivity index (χ0n) is 6.38. The molecule has 0 saturated carbocycles. The van der Waals surface area contributed by atoms with E-state index in [0.29, 0.717) is 6.20 Å². The first-order chi connectivity index (χ1) is 6.45. The molecular formula is C6H2F3IN2O2. The van der Waals surface area contributed by atoms with Gasteiger partial charge in [-0.25, -0.2) is 13.2 Å². The van der Waals surface area contributed by atoms with Crippen LogP contribution < -0.4 is 0 Å². The Kier molecular flexibility index (Phi) is 3.24. The zero-order valence-corrected chi connectivity index (χ0v) is 8.53. The van der Waals surface area contributed by atoms with Crippen LogP contribution in [0.2, 0.25) is 0 Å². The van der Waals surface area contributed by atoms with Crippen LogP contribution in [0.1, 0.15) is 12.0 Å². The first-order valence-corrected chi connectivity index (χ1v) is 4.29. The lowest BCUT2D eigenvalue weighted by Crippen LogP contribution is -2.02. The predicted molar refractivity (Wildman–Crippen MR) is 48.5 cm³/mol. The Bertz CT molecular complexity index is 386. The number of alkyl halides is 2. The van der Waals surface area contributed by atoms with Crippen molar-refractivity contribution in [2.24, 2.45) is 0 Å². The lowest BCUT2D eigenvalue weighted by atomic mass is 10.3. The van der Waals surface area contributed by atoms with Crippen LogP contribution in [0, 0.1) is 19.5 Å². The van der Waals surface area contributed by atoms with Crippen molar-refractivity contribution in [3.05, 3.63) is 31.3 Å². The van der Waals surface area contributed by atoms with Gasteiger partial charge in [-0.1, -0.05) is 0 Å². The van der Waals surface area contributed by atoms with Crippen LogP contribution in [0.25, 0.3) is 0 Å². The summed E-state index contributed by atoms with van der Waals surface area (Å²) in [4.78, 5) is 12.4. The van der Waals surface area contributed by atoms with Gasteiger partial charge in [0, 0.05) is 0 Å².